The molecule has 1 aliphatic carbocycles. The third-order valence-electron chi connectivity index (χ3n) is 4.71. The van der Waals surface area contributed by atoms with Crippen LogP contribution in [-0.4, -0.2) is 32.7 Å². The van der Waals surface area contributed by atoms with Crippen molar-refractivity contribution in [1.29, 1.82) is 0 Å². The molecule has 3 rings (SSSR count). The van der Waals surface area contributed by atoms with E-state index in [0.29, 0.717) is 11.5 Å². The first-order valence-corrected chi connectivity index (χ1v) is 10.1. The molecule has 1 aliphatic rings. The molecule has 0 saturated heterocycles. The monoisotopic (exact) mass is 372 g/mol. The number of carbonyl (C=O) groups is 1. The van der Waals surface area contributed by atoms with E-state index in [-0.39, 0.29) is 16.8 Å². The zero-order chi connectivity index (χ0) is 18.9. The van der Waals surface area contributed by atoms with Crippen molar-refractivity contribution < 1.29 is 13.2 Å². The molecule has 1 N–H and O–H groups in total. The summed E-state index contributed by atoms with van der Waals surface area (Å²) in [4.78, 5) is 12.8. The van der Waals surface area contributed by atoms with Gasteiger partial charge in [-0.2, -0.15) is 0 Å². The molecule has 0 aliphatic heterocycles. The summed E-state index contributed by atoms with van der Waals surface area (Å²) in [6, 6.07) is 14.3. The molecule has 0 radical (unpaired) electrons. The van der Waals surface area contributed by atoms with Gasteiger partial charge >= 0.3 is 0 Å². The van der Waals surface area contributed by atoms with Crippen molar-refractivity contribution in [2.45, 2.75) is 30.7 Å². The van der Waals surface area contributed by atoms with Crippen molar-refractivity contribution in [2.24, 2.45) is 5.92 Å². The van der Waals surface area contributed by atoms with Crippen molar-refractivity contribution >= 4 is 15.9 Å². The van der Waals surface area contributed by atoms with Crippen LogP contribution >= 0.6 is 0 Å². The average Bonchev–Trinajstić information content (AvgIpc) is 3.45. The first kappa shape index (κ1) is 18.6. The van der Waals surface area contributed by atoms with Crippen molar-refractivity contribution in [3.8, 4) is 0 Å². The molecule has 138 valence electrons. The van der Waals surface area contributed by atoms with Crippen LogP contribution in [-0.2, 0) is 10.0 Å². The van der Waals surface area contributed by atoms with Gasteiger partial charge in [-0.1, -0.05) is 29.8 Å². The van der Waals surface area contributed by atoms with Gasteiger partial charge in [0, 0.05) is 19.7 Å². The fourth-order valence-corrected chi connectivity index (χ4v) is 3.79. The highest BCUT2D eigenvalue weighted by molar-refractivity contribution is 7.89. The minimum Gasteiger partial charge on any atom is -0.345 e. The van der Waals surface area contributed by atoms with E-state index in [4.69, 9.17) is 0 Å². The molecule has 6 heteroatoms. The molecule has 1 atom stereocenters. The Morgan fingerprint density at radius 1 is 1.04 bits per heavy atom. The topological polar surface area (TPSA) is 66.5 Å². The molecule has 0 heterocycles. The quantitative estimate of drug-likeness (QED) is 0.847. The van der Waals surface area contributed by atoms with Gasteiger partial charge in [-0.05, 0) is 55.5 Å². The van der Waals surface area contributed by atoms with Crippen molar-refractivity contribution in [3.63, 3.8) is 0 Å². The maximum atomic E-state index is 12.7. The van der Waals surface area contributed by atoms with E-state index >= 15 is 0 Å². The fourth-order valence-electron chi connectivity index (χ4n) is 2.89. The van der Waals surface area contributed by atoms with E-state index in [1.54, 1.807) is 12.1 Å². The number of rotatable bonds is 6. The summed E-state index contributed by atoms with van der Waals surface area (Å²) in [6.07, 6.45) is 2.22. The number of aryl methyl sites for hydroxylation is 1. The summed E-state index contributed by atoms with van der Waals surface area (Å²) in [5.74, 6) is 0.284. The number of nitrogens with zero attached hydrogens (tertiary/aromatic N) is 1. The van der Waals surface area contributed by atoms with Gasteiger partial charge in [0.2, 0.25) is 10.0 Å². The van der Waals surface area contributed by atoms with Crippen LogP contribution in [0.2, 0.25) is 0 Å². The van der Waals surface area contributed by atoms with Crippen molar-refractivity contribution in [1.82, 2.24) is 9.62 Å². The third-order valence-corrected chi connectivity index (χ3v) is 6.54. The highest BCUT2D eigenvalue weighted by Crippen LogP contribution is 2.41. The summed E-state index contributed by atoms with van der Waals surface area (Å²) in [6.45, 7) is 2.04. The van der Waals surface area contributed by atoms with Gasteiger partial charge in [-0.25, -0.2) is 12.7 Å². The number of hydrogen-bond donors (Lipinski definition) is 1. The summed E-state index contributed by atoms with van der Waals surface area (Å²) in [5.41, 5.74) is 2.76. The largest absolute Gasteiger partial charge is 0.345 e. The normalized spacial score (nSPS) is 15.7. The van der Waals surface area contributed by atoms with Gasteiger partial charge in [-0.3, -0.25) is 4.79 Å². The minimum atomic E-state index is -3.49. The van der Waals surface area contributed by atoms with Crippen LogP contribution in [0.4, 0.5) is 0 Å². The van der Waals surface area contributed by atoms with Crippen LogP contribution in [0.3, 0.4) is 0 Å². The van der Waals surface area contributed by atoms with Gasteiger partial charge in [0.05, 0.1) is 10.9 Å². The van der Waals surface area contributed by atoms with E-state index in [1.165, 1.54) is 31.8 Å². The standard InChI is InChI=1S/C20H24N2O3S/c1-14-4-6-15(7-5-14)19(16-8-9-16)21-20(23)17-10-12-18(13-11-17)26(24,25)22(2)3/h4-7,10-13,16,19H,8-9H2,1-3H3,(H,21,23)/t19-/m0/s1. The summed E-state index contributed by atoms with van der Waals surface area (Å²) >= 11 is 0. The minimum absolute atomic E-state index is 0.00622. The smallest absolute Gasteiger partial charge is 0.251 e. The zero-order valence-corrected chi connectivity index (χ0v) is 16.1. The Hall–Kier alpha value is -2.18. The number of nitrogens with one attached hydrogen (secondary N) is 1. The van der Waals surface area contributed by atoms with E-state index in [0.717, 1.165) is 22.7 Å². The van der Waals surface area contributed by atoms with E-state index in [1.807, 2.05) is 6.92 Å². The van der Waals surface area contributed by atoms with E-state index in [9.17, 15) is 13.2 Å². The Bertz CT molecular complexity index is 884. The van der Waals surface area contributed by atoms with Crippen LogP contribution in [0.1, 0.15) is 40.4 Å². The second-order valence-electron chi connectivity index (χ2n) is 7.01. The average molecular weight is 372 g/mol. The predicted octanol–water partition coefficient (Wildman–Crippen LogP) is 3.13. The molecule has 0 bridgehead atoms. The lowest BCUT2D eigenvalue weighted by atomic mass is 10.0. The molecule has 0 spiro atoms. The molecule has 2 aromatic carbocycles. The van der Waals surface area contributed by atoms with Gasteiger partial charge in [0.1, 0.15) is 0 Å². The highest BCUT2D eigenvalue weighted by atomic mass is 32.2. The molecule has 5 nitrogen and oxygen atoms in total. The molecule has 1 fully saturated rings. The predicted molar refractivity (Wildman–Crippen MR) is 101 cm³/mol. The second kappa shape index (κ2) is 7.21. The van der Waals surface area contributed by atoms with Crippen LogP contribution in [0.5, 0.6) is 0 Å². The Labute approximate surface area is 155 Å². The molecule has 1 saturated carbocycles. The number of benzene rings is 2. The lowest BCUT2D eigenvalue weighted by Gasteiger charge is -2.19. The summed E-state index contributed by atoms with van der Waals surface area (Å²) in [7, 11) is -0.524. The first-order chi connectivity index (χ1) is 12.3. The molecule has 2 aromatic rings. The molecule has 0 aromatic heterocycles. The number of sulfonamides is 1. The maximum absolute atomic E-state index is 12.7. The van der Waals surface area contributed by atoms with Crippen LogP contribution in [0.15, 0.2) is 53.4 Å². The third kappa shape index (κ3) is 3.97. The highest BCUT2D eigenvalue weighted by Gasteiger charge is 2.33. The SMILES string of the molecule is Cc1ccc([C@H](NC(=O)c2ccc(S(=O)(=O)N(C)C)cc2)C2CC2)cc1. The summed E-state index contributed by atoms with van der Waals surface area (Å²) in [5, 5.41) is 3.11. The molecule has 1 amide bonds. The lowest BCUT2D eigenvalue weighted by molar-refractivity contribution is 0.0931. The van der Waals surface area contributed by atoms with Crippen LogP contribution in [0.25, 0.3) is 0 Å². The van der Waals surface area contributed by atoms with Crippen molar-refractivity contribution in [2.75, 3.05) is 14.1 Å². The Kier molecular flexibility index (Phi) is 5.16. The Morgan fingerprint density at radius 3 is 2.12 bits per heavy atom. The number of carbonyl (C=O) groups excluding carboxylic acids is 1. The summed E-state index contributed by atoms with van der Waals surface area (Å²) < 4.78 is 25.4. The number of amides is 1. The molecule has 26 heavy (non-hydrogen) atoms. The molecular weight excluding hydrogens is 348 g/mol. The van der Waals surface area contributed by atoms with Gasteiger partial charge in [-0.15, -0.1) is 0 Å². The maximum Gasteiger partial charge on any atom is 0.251 e. The number of hydrogen-bond acceptors (Lipinski definition) is 3. The van der Waals surface area contributed by atoms with Crippen molar-refractivity contribution in [3.05, 3.63) is 65.2 Å². The van der Waals surface area contributed by atoms with Gasteiger partial charge in [0.25, 0.3) is 5.91 Å². The van der Waals surface area contributed by atoms with Crippen LogP contribution < -0.4 is 5.32 Å². The first-order valence-electron chi connectivity index (χ1n) is 8.69. The van der Waals surface area contributed by atoms with E-state index in [2.05, 4.69) is 29.6 Å². The zero-order valence-electron chi connectivity index (χ0n) is 15.3. The fraction of sp³-hybridized carbons (Fsp3) is 0.350. The molecular formula is C20H24N2O3S. The van der Waals surface area contributed by atoms with Crippen LogP contribution in [0, 0.1) is 12.8 Å². The van der Waals surface area contributed by atoms with Gasteiger partial charge in [0.15, 0.2) is 0 Å². The van der Waals surface area contributed by atoms with E-state index < -0.39 is 10.0 Å². The lowest BCUT2D eigenvalue weighted by Crippen LogP contribution is -2.30. The Balaban J connectivity index is 1.77. The second-order valence-corrected chi connectivity index (χ2v) is 9.16. The van der Waals surface area contributed by atoms with Gasteiger partial charge < -0.3 is 5.32 Å². The molecule has 0 unspecified atom stereocenters. The Morgan fingerprint density at radius 2 is 1.62 bits per heavy atom.